The smallest absolute Gasteiger partial charge is 0.317 e. The van der Waals surface area contributed by atoms with E-state index in [9.17, 15) is 19.2 Å². The molecule has 0 saturated heterocycles. The molecule has 3 heterocycles. The summed E-state index contributed by atoms with van der Waals surface area (Å²) in [6.45, 7) is 9.05. The number of ether oxygens (including phenoxy) is 4. The lowest BCUT2D eigenvalue weighted by Crippen LogP contribution is -2.28. The highest BCUT2D eigenvalue weighted by Crippen LogP contribution is 2.52. The summed E-state index contributed by atoms with van der Waals surface area (Å²) < 4.78 is 41.6. The van der Waals surface area contributed by atoms with E-state index in [2.05, 4.69) is 0 Å². The predicted octanol–water partition coefficient (Wildman–Crippen LogP) is 8.38. The van der Waals surface area contributed by atoms with Gasteiger partial charge in [0.25, 0.3) is 0 Å². The first-order chi connectivity index (χ1) is 25.2. The van der Waals surface area contributed by atoms with Gasteiger partial charge in [0.1, 0.15) is 16.7 Å². The molecule has 7 aromatic rings. The fraction of sp³-hybridized carbons (Fsp3) is 0.263. The van der Waals surface area contributed by atoms with E-state index in [1.165, 1.54) is 59.3 Å². The van der Waals surface area contributed by atoms with Crippen molar-refractivity contribution in [3.05, 3.63) is 36.4 Å². The summed E-state index contributed by atoms with van der Waals surface area (Å²) in [7, 11) is 2.60. The fourth-order valence-corrected chi connectivity index (χ4v) is 5.99. The number of benzene rings is 4. The minimum absolute atomic E-state index is 0.0195. The van der Waals surface area contributed by atoms with Crippen LogP contribution in [-0.4, -0.2) is 38.1 Å². The molecule has 0 saturated carbocycles. The van der Waals surface area contributed by atoms with Gasteiger partial charge >= 0.3 is 23.9 Å². The van der Waals surface area contributed by atoms with Crippen molar-refractivity contribution >= 4 is 89.7 Å². The molecule has 0 amide bonds. The van der Waals surface area contributed by atoms with Crippen LogP contribution in [0.5, 0.6) is 34.5 Å². The molecule has 0 spiro atoms. The molecule has 0 fully saturated rings. The first-order valence-corrected chi connectivity index (χ1v) is 16.3. The van der Waals surface area contributed by atoms with Crippen molar-refractivity contribution in [1.82, 2.24) is 0 Å². The van der Waals surface area contributed by atoms with Gasteiger partial charge in [0.2, 0.25) is 11.5 Å². The van der Waals surface area contributed by atoms with Gasteiger partial charge in [-0.1, -0.05) is 6.92 Å². The third-order valence-electron chi connectivity index (χ3n) is 8.69. The molecule has 0 aliphatic rings. The van der Waals surface area contributed by atoms with Gasteiger partial charge in [0, 0.05) is 61.2 Å². The van der Waals surface area contributed by atoms with Crippen LogP contribution in [0.3, 0.4) is 0 Å². The van der Waals surface area contributed by atoms with Crippen LogP contribution >= 0.6 is 0 Å². The Morgan fingerprint density at radius 2 is 0.849 bits per heavy atom. The van der Waals surface area contributed by atoms with Crippen LogP contribution in [0.15, 0.2) is 49.6 Å². The number of hydrogen-bond donors (Lipinski definition) is 0. The third kappa shape index (κ3) is 5.98. The Balaban J connectivity index is 1.66. The Hall–Kier alpha value is -6.32. The molecule has 274 valence electrons. The van der Waals surface area contributed by atoms with Crippen LogP contribution < -0.4 is 28.7 Å². The zero-order valence-corrected chi connectivity index (χ0v) is 29.8. The van der Waals surface area contributed by atoms with Gasteiger partial charge in [-0.15, -0.1) is 0 Å². The van der Waals surface area contributed by atoms with E-state index < -0.39 is 29.3 Å². The van der Waals surface area contributed by atoms with Gasteiger partial charge in [0.05, 0.1) is 35.8 Å². The maximum atomic E-state index is 13.3. The molecular weight excluding hydrogens is 696 g/mol. The van der Waals surface area contributed by atoms with Crippen LogP contribution in [0, 0.1) is 5.41 Å². The number of rotatable bonds is 10. The molecule has 0 unspecified atom stereocenters. The molecule has 0 atom stereocenters. The average Bonchev–Trinajstić information content (AvgIpc) is 3.75. The molecular formula is C38H32O15. The standard InChI is InChI=1S/C38H32O15/c1-9-38(5,6)37(42)51-26-11-20-24(15-30(26)53-44-8)50-36-32(20)34-31(19-10-25(45-16(2)39)27(46-17(3)40)13-22(19)48-34)35-33(36)21-12-29(52-43-7)28(47-18(4)41)14-23(21)49-35/h10-15H,9H2,1-8H3. The lowest BCUT2D eigenvalue weighted by Gasteiger charge is -2.20. The average molecular weight is 729 g/mol. The van der Waals surface area contributed by atoms with E-state index in [4.69, 9.17) is 51.7 Å². The Morgan fingerprint density at radius 3 is 1.23 bits per heavy atom. The van der Waals surface area contributed by atoms with Crippen LogP contribution in [0.1, 0.15) is 48.0 Å². The van der Waals surface area contributed by atoms with Crippen molar-refractivity contribution in [3.8, 4) is 34.5 Å². The molecule has 53 heavy (non-hydrogen) atoms. The summed E-state index contributed by atoms with van der Waals surface area (Å²) in [5.74, 6) is -2.35. The minimum atomic E-state index is -0.822. The minimum Gasteiger partial charge on any atom is -0.455 e. The first-order valence-electron chi connectivity index (χ1n) is 16.3. The molecule has 15 heteroatoms. The van der Waals surface area contributed by atoms with Crippen molar-refractivity contribution in [1.29, 1.82) is 0 Å². The molecule has 0 aliphatic carbocycles. The van der Waals surface area contributed by atoms with Crippen molar-refractivity contribution < 1.29 is 70.9 Å². The van der Waals surface area contributed by atoms with Gasteiger partial charge in [-0.25, -0.2) is 0 Å². The molecule has 0 aliphatic heterocycles. The SMILES string of the molecule is CCC(C)(C)C(=O)Oc1cc2c(cc1OOC)oc1c3c4cc(OOC)c(OC(C)=O)cc4oc3c3c4cc(OC(C)=O)c(OC(C)=O)cc4oc3c21. The van der Waals surface area contributed by atoms with Crippen molar-refractivity contribution in [2.24, 2.45) is 5.41 Å². The Kier molecular flexibility index (Phi) is 8.62. The Labute approximate surface area is 298 Å². The van der Waals surface area contributed by atoms with Crippen LogP contribution in [-0.2, 0) is 29.0 Å². The van der Waals surface area contributed by atoms with Gasteiger partial charge in [0.15, 0.2) is 39.7 Å². The molecule has 3 aromatic heterocycles. The first kappa shape index (κ1) is 35.1. The van der Waals surface area contributed by atoms with Crippen LogP contribution in [0.4, 0.5) is 0 Å². The summed E-state index contributed by atoms with van der Waals surface area (Å²) in [6, 6.07) is 9.04. The normalized spacial score (nSPS) is 11.9. The highest BCUT2D eigenvalue weighted by molar-refractivity contribution is 6.36. The lowest BCUT2D eigenvalue weighted by atomic mass is 9.91. The second kappa shape index (κ2) is 13.0. The zero-order chi connectivity index (χ0) is 37.9. The van der Waals surface area contributed by atoms with E-state index in [1.807, 2.05) is 6.92 Å². The number of furan rings is 3. The third-order valence-corrected chi connectivity index (χ3v) is 8.69. The number of carbonyl (C=O) groups is 4. The molecule has 0 bridgehead atoms. The summed E-state index contributed by atoms with van der Waals surface area (Å²) in [5.41, 5.74) is 0.769. The van der Waals surface area contributed by atoms with Crippen LogP contribution in [0.25, 0.3) is 65.8 Å². The Bertz CT molecular complexity index is 2670. The molecule has 0 radical (unpaired) electrons. The van der Waals surface area contributed by atoms with Gasteiger partial charge < -0.3 is 42.0 Å². The largest absolute Gasteiger partial charge is 0.455 e. The maximum Gasteiger partial charge on any atom is 0.317 e. The summed E-state index contributed by atoms with van der Waals surface area (Å²) in [5, 5.41) is 2.61. The van der Waals surface area contributed by atoms with E-state index >= 15 is 0 Å². The van der Waals surface area contributed by atoms with Crippen LogP contribution in [0.2, 0.25) is 0 Å². The zero-order valence-electron chi connectivity index (χ0n) is 29.8. The van der Waals surface area contributed by atoms with Crippen molar-refractivity contribution in [2.45, 2.75) is 48.0 Å². The molecule has 0 N–H and O–H groups in total. The van der Waals surface area contributed by atoms with Gasteiger partial charge in [-0.3, -0.25) is 19.2 Å². The summed E-state index contributed by atoms with van der Waals surface area (Å²) >= 11 is 0. The fourth-order valence-electron chi connectivity index (χ4n) is 5.99. The van der Waals surface area contributed by atoms with E-state index in [0.29, 0.717) is 38.7 Å². The molecule has 4 aromatic carbocycles. The van der Waals surface area contributed by atoms with Crippen molar-refractivity contribution in [3.63, 3.8) is 0 Å². The Morgan fingerprint density at radius 1 is 0.528 bits per heavy atom. The quantitative estimate of drug-likeness (QED) is 0.0566. The lowest BCUT2D eigenvalue weighted by molar-refractivity contribution is -0.180. The van der Waals surface area contributed by atoms with Crippen molar-refractivity contribution in [2.75, 3.05) is 14.2 Å². The van der Waals surface area contributed by atoms with E-state index in [0.717, 1.165) is 0 Å². The highest BCUT2D eigenvalue weighted by atomic mass is 17.2. The summed E-state index contributed by atoms with van der Waals surface area (Å²) in [4.78, 5) is 70.1. The van der Waals surface area contributed by atoms with E-state index in [-0.39, 0.29) is 68.0 Å². The van der Waals surface area contributed by atoms with Gasteiger partial charge in [-0.2, -0.15) is 9.78 Å². The number of carbonyl (C=O) groups excluding carboxylic acids is 4. The van der Waals surface area contributed by atoms with Gasteiger partial charge in [-0.05, 0) is 32.4 Å². The number of hydrogen-bond acceptors (Lipinski definition) is 15. The second-order valence-corrected chi connectivity index (χ2v) is 12.7. The predicted molar refractivity (Wildman–Crippen MR) is 187 cm³/mol. The monoisotopic (exact) mass is 728 g/mol. The molecule has 7 rings (SSSR count). The molecule has 15 nitrogen and oxygen atoms in total. The topological polar surface area (TPSA) is 182 Å². The summed E-state index contributed by atoms with van der Waals surface area (Å²) in [6.07, 6.45) is 0.507. The van der Waals surface area contributed by atoms with E-state index in [1.54, 1.807) is 26.0 Å². The number of esters is 4. The second-order valence-electron chi connectivity index (χ2n) is 12.7. The number of fused-ring (bicyclic) bond motifs is 12. The maximum absolute atomic E-state index is 13.3. The highest BCUT2D eigenvalue weighted by Gasteiger charge is 2.32.